The van der Waals surface area contributed by atoms with E-state index in [-0.39, 0.29) is 0 Å². The Morgan fingerprint density at radius 1 is 1.46 bits per heavy atom. The monoisotopic (exact) mass is 186 g/mol. The standard InChI is InChI=1S/C11H22O2/c1-10(2)4-3-6-12-8-11-5-7-13-9-11/h10-11H,3-9H2,1-2H3. The Balaban J connectivity index is 1.83. The van der Waals surface area contributed by atoms with E-state index in [4.69, 9.17) is 9.47 Å². The molecule has 0 aliphatic carbocycles. The first kappa shape index (κ1) is 11.0. The van der Waals surface area contributed by atoms with Gasteiger partial charge in [0.05, 0.1) is 13.2 Å². The van der Waals surface area contributed by atoms with E-state index in [1.165, 1.54) is 19.3 Å². The van der Waals surface area contributed by atoms with Crippen LogP contribution in [0.5, 0.6) is 0 Å². The molecule has 0 aromatic carbocycles. The highest BCUT2D eigenvalue weighted by molar-refractivity contribution is 4.62. The van der Waals surface area contributed by atoms with Crippen LogP contribution in [-0.4, -0.2) is 26.4 Å². The van der Waals surface area contributed by atoms with Crippen molar-refractivity contribution in [2.24, 2.45) is 11.8 Å². The fourth-order valence-corrected chi connectivity index (χ4v) is 1.56. The van der Waals surface area contributed by atoms with E-state index in [1.54, 1.807) is 0 Å². The van der Waals surface area contributed by atoms with Crippen molar-refractivity contribution in [3.05, 3.63) is 0 Å². The van der Waals surface area contributed by atoms with Gasteiger partial charge in [0.1, 0.15) is 0 Å². The summed E-state index contributed by atoms with van der Waals surface area (Å²) in [6.45, 7) is 8.17. The van der Waals surface area contributed by atoms with Crippen LogP contribution in [0.25, 0.3) is 0 Å². The lowest BCUT2D eigenvalue weighted by Crippen LogP contribution is -2.10. The fraction of sp³-hybridized carbons (Fsp3) is 1.00. The van der Waals surface area contributed by atoms with Gasteiger partial charge in [0, 0.05) is 19.1 Å². The number of rotatable bonds is 6. The molecule has 0 radical (unpaired) electrons. The van der Waals surface area contributed by atoms with Gasteiger partial charge in [-0.3, -0.25) is 0 Å². The van der Waals surface area contributed by atoms with Gasteiger partial charge in [0.25, 0.3) is 0 Å². The van der Waals surface area contributed by atoms with Crippen molar-refractivity contribution >= 4 is 0 Å². The van der Waals surface area contributed by atoms with Crippen molar-refractivity contribution in [3.63, 3.8) is 0 Å². The number of hydrogen-bond acceptors (Lipinski definition) is 2. The van der Waals surface area contributed by atoms with Crippen molar-refractivity contribution in [1.29, 1.82) is 0 Å². The van der Waals surface area contributed by atoms with Gasteiger partial charge in [-0.2, -0.15) is 0 Å². The lowest BCUT2D eigenvalue weighted by atomic mass is 10.1. The molecule has 0 bridgehead atoms. The van der Waals surface area contributed by atoms with Crippen molar-refractivity contribution in [2.45, 2.75) is 33.1 Å². The molecule has 0 amide bonds. The first-order chi connectivity index (χ1) is 6.29. The molecule has 2 nitrogen and oxygen atoms in total. The molecular weight excluding hydrogens is 164 g/mol. The first-order valence-corrected chi connectivity index (χ1v) is 5.44. The van der Waals surface area contributed by atoms with Gasteiger partial charge in [-0.05, 0) is 25.2 Å². The van der Waals surface area contributed by atoms with Crippen LogP contribution < -0.4 is 0 Å². The van der Waals surface area contributed by atoms with Gasteiger partial charge in [-0.25, -0.2) is 0 Å². The Kier molecular flexibility index (Phi) is 5.40. The Labute approximate surface area is 81.6 Å². The summed E-state index contributed by atoms with van der Waals surface area (Å²) in [5, 5.41) is 0. The molecule has 1 rings (SSSR count). The molecule has 0 aromatic heterocycles. The van der Waals surface area contributed by atoms with Crippen LogP contribution in [0.15, 0.2) is 0 Å². The van der Waals surface area contributed by atoms with Crippen molar-refractivity contribution in [2.75, 3.05) is 26.4 Å². The van der Waals surface area contributed by atoms with Gasteiger partial charge >= 0.3 is 0 Å². The highest BCUT2D eigenvalue weighted by atomic mass is 16.5. The second-order valence-electron chi connectivity index (χ2n) is 4.34. The molecular formula is C11H22O2. The van der Waals surface area contributed by atoms with E-state index in [9.17, 15) is 0 Å². The highest BCUT2D eigenvalue weighted by Gasteiger charge is 2.14. The predicted octanol–water partition coefficient (Wildman–Crippen LogP) is 2.48. The highest BCUT2D eigenvalue weighted by Crippen LogP contribution is 2.12. The molecule has 1 aliphatic rings. The summed E-state index contributed by atoms with van der Waals surface area (Å²) >= 11 is 0. The molecule has 0 saturated carbocycles. The molecule has 13 heavy (non-hydrogen) atoms. The van der Waals surface area contributed by atoms with Gasteiger partial charge in [-0.15, -0.1) is 0 Å². The second-order valence-corrected chi connectivity index (χ2v) is 4.34. The summed E-state index contributed by atoms with van der Waals surface area (Å²) in [4.78, 5) is 0. The maximum absolute atomic E-state index is 5.59. The maximum Gasteiger partial charge on any atom is 0.0517 e. The van der Waals surface area contributed by atoms with Crippen molar-refractivity contribution < 1.29 is 9.47 Å². The van der Waals surface area contributed by atoms with Crippen LogP contribution in [0.4, 0.5) is 0 Å². The topological polar surface area (TPSA) is 18.5 Å². The third kappa shape index (κ3) is 5.27. The minimum absolute atomic E-state index is 0.666. The van der Waals surface area contributed by atoms with Crippen LogP contribution in [0.1, 0.15) is 33.1 Å². The third-order valence-electron chi connectivity index (χ3n) is 2.45. The van der Waals surface area contributed by atoms with Gasteiger partial charge < -0.3 is 9.47 Å². The van der Waals surface area contributed by atoms with E-state index >= 15 is 0 Å². The van der Waals surface area contributed by atoms with E-state index < -0.39 is 0 Å². The minimum Gasteiger partial charge on any atom is -0.381 e. The zero-order valence-corrected chi connectivity index (χ0v) is 8.92. The van der Waals surface area contributed by atoms with Crippen LogP contribution >= 0.6 is 0 Å². The largest absolute Gasteiger partial charge is 0.381 e. The fourth-order valence-electron chi connectivity index (χ4n) is 1.56. The molecule has 0 aromatic rings. The molecule has 0 N–H and O–H groups in total. The van der Waals surface area contributed by atoms with E-state index in [0.29, 0.717) is 5.92 Å². The summed E-state index contributed by atoms with van der Waals surface area (Å²) in [5.41, 5.74) is 0. The zero-order valence-electron chi connectivity index (χ0n) is 8.92. The van der Waals surface area contributed by atoms with E-state index in [0.717, 1.165) is 32.3 Å². The predicted molar refractivity (Wildman–Crippen MR) is 53.8 cm³/mol. The average molecular weight is 186 g/mol. The summed E-state index contributed by atoms with van der Waals surface area (Å²) in [7, 11) is 0. The molecule has 1 fully saturated rings. The van der Waals surface area contributed by atoms with Crippen LogP contribution in [-0.2, 0) is 9.47 Å². The average Bonchev–Trinajstić information content (AvgIpc) is 2.55. The smallest absolute Gasteiger partial charge is 0.0517 e. The second kappa shape index (κ2) is 6.39. The number of ether oxygens (including phenoxy) is 2. The van der Waals surface area contributed by atoms with Crippen molar-refractivity contribution in [1.82, 2.24) is 0 Å². The Morgan fingerprint density at radius 2 is 2.31 bits per heavy atom. The van der Waals surface area contributed by atoms with Gasteiger partial charge in [-0.1, -0.05) is 13.8 Å². The van der Waals surface area contributed by atoms with Crippen LogP contribution in [0, 0.1) is 11.8 Å². The molecule has 1 heterocycles. The summed E-state index contributed by atoms with van der Waals surface area (Å²) in [6.07, 6.45) is 3.66. The molecule has 1 aliphatic heterocycles. The zero-order chi connectivity index (χ0) is 9.52. The molecule has 1 unspecified atom stereocenters. The summed E-state index contributed by atoms with van der Waals surface area (Å²) in [5.74, 6) is 1.47. The van der Waals surface area contributed by atoms with Crippen LogP contribution in [0.2, 0.25) is 0 Å². The normalized spacial score (nSPS) is 22.8. The number of hydrogen-bond donors (Lipinski definition) is 0. The van der Waals surface area contributed by atoms with Crippen LogP contribution in [0.3, 0.4) is 0 Å². The van der Waals surface area contributed by atoms with Gasteiger partial charge in [0.2, 0.25) is 0 Å². The Bertz CT molecular complexity index is 117. The van der Waals surface area contributed by atoms with E-state index in [2.05, 4.69) is 13.8 Å². The van der Waals surface area contributed by atoms with Gasteiger partial charge in [0.15, 0.2) is 0 Å². The SMILES string of the molecule is CC(C)CCCOCC1CCOC1. The minimum atomic E-state index is 0.666. The molecule has 0 spiro atoms. The molecule has 1 atom stereocenters. The third-order valence-corrected chi connectivity index (χ3v) is 2.45. The molecule has 2 heteroatoms. The Hall–Kier alpha value is -0.0800. The quantitative estimate of drug-likeness (QED) is 0.593. The summed E-state index contributed by atoms with van der Waals surface area (Å²) in [6, 6.07) is 0. The molecule has 1 saturated heterocycles. The maximum atomic E-state index is 5.59. The molecule has 78 valence electrons. The Morgan fingerprint density at radius 3 is 2.92 bits per heavy atom. The lowest BCUT2D eigenvalue weighted by Gasteiger charge is -2.09. The lowest BCUT2D eigenvalue weighted by molar-refractivity contribution is 0.0859. The summed E-state index contributed by atoms with van der Waals surface area (Å²) < 4.78 is 10.9. The van der Waals surface area contributed by atoms with E-state index in [1.807, 2.05) is 0 Å². The first-order valence-electron chi connectivity index (χ1n) is 5.44. The van der Waals surface area contributed by atoms with Crippen molar-refractivity contribution in [3.8, 4) is 0 Å².